The molecule has 0 aliphatic carbocycles. The van der Waals surface area contributed by atoms with E-state index in [0.717, 1.165) is 17.5 Å². The van der Waals surface area contributed by atoms with E-state index >= 15 is 0 Å². The van der Waals surface area contributed by atoms with E-state index < -0.39 is 30.0 Å². The van der Waals surface area contributed by atoms with Crippen molar-refractivity contribution in [2.24, 2.45) is 11.7 Å². The normalized spacial score (nSPS) is 15.8. The van der Waals surface area contributed by atoms with Crippen LogP contribution in [-0.2, 0) is 11.2 Å². The van der Waals surface area contributed by atoms with Crippen LogP contribution in [0.25, 0.3) is 11.1 Å². The van der Waals surface area contributed by atoms with Gasteiger partial charge in [0.1, 0.15) is 0 Å². The van der Waals surface area contributed by atoms with E-state index in [4.69, 9.17) is 5.73 Å². The molecule has 1 aliphatic rings. The minimum Gasteiger partial charge on any atom is -0.391 e. The van der Waals surface area contributed by atoms with Crippen LogP contribution in [-0.4, -0.2) is 69.9 Å². The predicted octanol–water partition coefficient (Wildman–Crippen LogP) is 2.40. The summed E-state index contributed by atoms with van der Waals surface area (Å²) in [6.45, 7) is 3.87. The number of primary amides is 1. The summed E-state index contributed by atoms with van der Waals surface area (Å²) in [5.41, 5.74) is 8.99. The van der Waals surface area contributed by atoms with E-state index in [2.05, 4.69) is 24.4 Å². The van der Waals surface area contributed by atoms with Gasteiger partial charge in [-0.3, -0.25) is 14.8 Å². The van der Waals surface area contributed by atoms with E-state index in [0.29, 0.717) is 36.6 Å². The second kappa shape index (κ2) is 11.8. The van der Waals surface area contributed by atoms with E-state index in [1.807, 2.05) is 24.3 Å². The number of nitrogens with one attached hydrogen (secondary N) is 1. The molecule has 2 aromatic carbocycles. The summed E-state index contributed by atoms with van der Waals surface area (Å²) in [6.07, 6.45) is 0.821. The predicted molar refractivity (Wildman–Crippen MR) is 132 cm³/mol. The summed E-state index contributed by atoms with van der Waals surface area (Å²) in [5.74, 6) is -1.10. The highest BCUT2D eigenvalue weighted by molar-refractivity contribution is 5.95. The molecule has 3 rings (SSSR count). The fourth-order valence-corrected chi connectivity index (χ4v) is 4.10. The van der Waals surface area contributed by atoms with E-state index in [1.54, 1.807) is 12.1 Å². The molecule has 1 heterocycles. The van der Waals surface area contributed by atoms with Gasteiger partial charge in [-0.1, -0.05) is 43.3 Å². The van der Waals surface area contributed by atoms with Gasteiger partial charge in [-0.2, -0.15) is 0 Å². The smallest absolute Gasteiger partial charge is 0.343 e. The lowest BCUT2D eigenvalue weighted by Crippen LogP contribution is -2.53. The lowest BCUT2D eigenvalue weighted by molar-refractivity contribution is -0.123. The molecule has 2 aromatic rings. The van der Waals surface area contributed by atoms with Crippen LogP contribution in [0.15, 0.2) is 48.5 Å². The Kier molecular flexibility index (Phi) is 8.84. The van der Waals surface area contributed by atoms with Crippen LogP contribution < -0.4 is 11.1 Å². The topological polar surface area (TPSA) is 136 Å². The molecule has 9 nitrogen and oxygen atoms in total. The molecule has 0 aromatic heterocycles. The van der Waals surface area contributed by atoms with Crippen molar-refractivity contribution in [1.82, 2.24) is 15.3 Å². The Morgan fingerprint density at radius 2 is 1.60 bits per heavy atom. The van der Waals surface area contributed by atoms with Crippen molar-refractivity contribution in [3.05, 3.63) is 59.7 Å². The van der Waals surface area contributed by atoms with Gasteiger partial charge < -0.3 is 21.1 Å². The highest BCUT2D eigenvalue weighted by atomic mass is 16.5. The van der Waals surface area contributed by atoms with Gasteiger partial charge in [0.05, 0.1) is 18.7 Å². The highest BCUT2D eigenvalue weighted by Gasteiger charge is 2.30. The van der Waals surface area contributed by atoms with Gasteiger partial charge in [0.2, 0.25) is 5.91 Å². The summed E-state index contributed by atoms with van der Waals surface area (Å²) in [6, 6.07) is 13.8. The number of urea groups is 1. The van der Waals surface area contributed by atoms with Crippen molar-refractivity contribution in [3.63, 3.8) is 0 Å². The lowest BCUT2D eigenvalue weighted by atomic mass is 9.96. The number of amides is 4. The molecule has 1 aliphatic heterocycles. The third kappa shape index (κ3) is 6.80. The molecule has 9 heteroatoms. The van der Waals surface area contributed by atoms with Crippen LogP contribution in [0.2, 0.25) is 0 Å². The molecule has 0 radical (unpaired) electrons. The Balaban J connectivity index is 1.58. The minimum absolute atomic E-state index is 0.280. The zero-order valence-electron chi connectivity index (χ0n) is 20.2. The highest BCUT2D eigenvalue weighted by Crippen LogP contribution is 2.21. The molecular weight excluding hydrogens is 448 g/mol. The number of piperidine rings is 1. The molecule has 35 heavy (non-hydrogen) atoms. The fourth-order valence-electron chi connectivity index (χ4n) is 4.10. The van der Waals surface area contributed by atoms with Crippen molar-refractivity contribution in [2.45, 2.75) is 45.3 Å². The molecule has 0 bridgehead atoms. The number of nitrogens with two attached hydrogens (primary N) is 1. The number of carbonyl (C=O) groups excluding carboxylic acids is 3. The third-order valence-electron chi connectivity index (χ3n) is 6.50. The van der Waals surface area contributed by atoms with Gasteiger partial charge in [-0.25, -0.2) is 9.86 Å². The van der Waals surface area contributed by atoms with Gasteiger partial charge in [0.15, 0.2) is 0 Å². The maximum atomic E-state index is 12.8. The molecule has 4 amide bonds. The van der Waals surface area contributed by atoms with Crippen LogP contribution in [0.5, 0.6) is 0 Å². The number of aryl methyl sites for hydroxylation is 1. The second-order valence-electron chi connectivity index (χ2n) is 8.98. The Hall–Kier alpha value is -3.43. The van der Waals surface area contributed by atoms with Crippen molar-refractivity contribution in [3.8, 4) is 11.1 Å². The van der Waals surface area contributed by atoms with Crippen LogP contribution in [0.4, 0.5) is 4.79 Å². The Labute approximate surface area is 205 Å². The largest absolute Gasteiger partial charge is 0.391 e. The molecule has 1 fully saturated rings. The quantitative estimate of drug-likeness (QED) is 0.338. The van der Waals surface area contributed by atoms with Crippen molar-refractivity contribution in [2.75, 3.05) is 19.6 Å². The van der Waals surface area contributed by atoms with Crippen LogP contribution in [0.3, 0.4) is 0 Å². The van der Waals surface area contributed by atoms with Crippen LogP contribution in [0, 0.1) is 5.92 Å². The molecule has 0 spiro atoms. The Bertz CT molecular complexity index is 1020. The van der Waals surface area contributed by atoms with Crippen LogP contribution >= 0.6 is 0 Å². The zero-order valence-corrected chi connectivity index (χ0v) is 20.2. The van der Waals surface area contributed by atoms with Crippen molar-refractivity contribution < 1.29 is 24.7 Å². The molecule has 1 saturated heterocycles. The van der Waals surface area contributed by atoms with Crippen LogP contribution in [0.1, 0.15) is 42.6 Å². The molecule has 0 saturated carbocycles. The van der Waals surface area contributed by atoms with Gasteiger partial charge in [-0.05, 0) is 55.0 Å². The molecule has 5 N–H and O–H groups in total. The average Bonchev–Trinajstić information content (AvgIpc) is 2.87. The number of aliphatic hydroxyl groups is 1. The lowest BCUT2D eigenvalue weighted by Gasteiger charge is -2.34. The van der Waals surface area contributed by atoms with Gasteiger partial charge in [0.25, 0.3) is 5.91 Å². The summed E-state index contributed by atoms with van der Waals surface area (Å²) in [7, 11) is 0. The number of carbonyl (C=O) groups is 3. The van der Waals surface area contributed by atoms with Crippen molar-refractivity contribution in [1.29, 1.82) is 0 Å². The van der Waals surface area contributed by atoms with E-state index in [9.17, 15) is 24.7 Å². The molecule has 188 valence electrons. The molecular formula is C26H34N4O5. The number of rotatable bonds is 8. The summed E-state index contributed by atoms with van der Waals surface area (Å²) >= 11 is 0. The Morgan fingerprint density at radius 1 is 1.06 bits per heavy atom. The van der Waals surface area contributed by atoms with Gasteiger partial charge in [0, 0.05) is 24.6 Å². The van der Waals surface area contributed by atoms with E-state index in [1.165, 1.54) is 17.4 Å². The SMILES string of the molecule is CCc1ccc(-c2ccc(C(=O)NC(CN(O)C(=O)N3CCC(C(N)=O)CC3)[C@@H](C)O)cc2)cc1. The summed E-state index contributed by atoms with van der Waals surface area (Å²) < 4.78 is 0. The minimum atomic E-state index is -1.02. The average molecular weight is 483 g/mol. The number of aliphatic hydroxyl groups excluding tert-OH is 1. The Morgan fingerprint density at radius 3 is 2.09 bits per heavy atom. The first kappa shape index (κ1) is 26.2. The number of benzene rings is 2. The monoisotopic (exact) mass is 482 g/mol. The zero-order chi connectivity index (χ0) is 25.5. The number of nitrogens with zero attached hydrogens (tertiary/aromatic N) is 2. The standard InChI is InChI=1S/C26H34N4O5/c1-3-18-4-6-19(7-5-18)20-8-10-22(11-9-20)25(33)28-23(17(2)31)16-30(35)26(34)29-14-12-21(13-15-29)24(27)32/h4-11,17,21,23,31,35H,3,12-16H2,1-2H3,(H2,27,32)(H,28,33)/t17-,23?/m1/s1. The fraction of sp³-hybridized carbons (Fsp3) is 0.423. The van der Waals surface area contributed by atoms with Crippen molar-refractivity contribution >= 4 is 17.8 Å². The summed E-state index contributed by atoms with van der Waals surface area (Å²) in [5, 5.41) is 23.7. The number of hydroxylamine groups is 2. The number of hydrogen-bond acceptors (Lipinski definition) is 5. The third-order valence-corrected chi connectivity index (χ3v) is 6.50. The molecule has 1 unspecified atom stereocenters. The molecule has 2 atom stereocenters. The first-order valence-corrected chi connectivity index (χ1v) is 11.9. The first-order chi connectivity index (χ1) is 16.7. The van der Waals surface area contributed by atoms with Gasteiger partial charge >= 0.3 is 6.03 Å². The number of likely N-dealkylation sites (tertiary alicyclic amines) is 1. The maximum Gasteiger partial charge on any atom is 0.343 e. The second-order valence-corrected chi connectivity index (χ2v) is 8.98. The van der Waals surface area contributed by atoms with E-state index in [-0.39, 0.29) is 12.5 Å². The summed E-state index contributed by atoms with van der Waals surface area (Å²) in [4.78, 5) is 38.1. The maximum absolute atomic E-state index is 12.8. The number of hydrogen-bond donors (Lipinski definition) is 4. The first-order valence-electron chi connectivity index (χ1n) is 11.9. The van der Waals surface area contributed by atoms with Gasteiger partial charge in [-0.15, -0.1) is 0 Å².